The highest BCUT2D eigenvalue weighted by Gasteiger charge is 2.17. The Morgan fingerprint density at radius 1 is 1.50 bits per heavy atom. The van der Waals surface area contributed by atoms with Gasteiger partial charge in [-0.15, -0.1) is 11.6 Å². The summed E-state index contributed by atoms with van der Waals surface area (Å²) in [4.78, 5) is 0. The van der Waals surface area contributed by atoms with Gasteiger partial charge in [0, 0.05) is 6.54 Å². The lowest BCUT2D eigenvalue weighted by atomic mass is 10.7. The minimum Gasteiger partial charge on any atom is -0.379 e. The summed E-state index contributed by atoms with van der Waals surface area (Å²) in [7, 11) is -3.18. The van der Waals surface area contributed by atoms with Crippen molar-refractivity contribution in [2.75, 3.05) is 25.5 Å². The van der Waals surface area contributed by atoms with Gasteiger partial charge in [0.2, 0.25) is 0 Å². The summed E-state index contributed by atoms with van der Waals surface area (Å²) >= 11 is 5.41. The van der Waals surface area contributed by atoms with Crippen LogP contribution in [0.5, 0.6) is 0 Å². The van der Waals surface area contributed by atoms with Gasteiger partial charge < -0.3 is 10.5 Å². The van der Waals surface area contributed by atoms with Gasteiger partial charge >= 0.3 is 0 Å². The molecule has 0 aromatic carbocycles. The molecule has 0 rings (SSSR count). The van der Waals surface area contributed by atoms with Crippen molar-refractivity contribution in [1.82, 2.24) is 0 Å². The third-order valence-electron chi connectivity index (χ3n) is 1.27. The van der Waals surface area contributed by atoms with Crippen LogP contribution >= 0.6 is 11.6 Å². The number of hydrogen-bond donors (Lipinski definition) is 1. The first kappa shape index (κ1) is 12.2. The Kier molecular flexibility index (Phi) is 5.82. The Bertz CT molecular complexity index is 203. The van der Waals surface area contributed by atoms with E-state index in [1.165, 1.54) is 6.92 Å². The number of hydrogen-bond acceptors (Lipinski definition) is 4. The molecule has 1 unspecified atom stereocenters. The SMILES string of the molecule is CC(Cl)S(=O)(=O)CCOCCN. The van der Waals surface area contributed by atoms with Crippen LogP contribution in [0.15, 0.2) is 0 Å². The van der Waals surface area contributed by atoms with E-state index in [-0.39, 0.29) is 12.4 Å². The topological polar surface area (TPSA) is 69.4 Å². The highest BCUT2D eigenvalue weighted by atomic mass is 35.5. The smallest absolute Gasteiger partial charge is 0.169 e. The van der Waals surface area contributed by atoms with Crippen molar-refractivity contribution >= 4 is 21.4 Å². The average molecular weight is 216 g/mol. The van der Waals surface area contributed by atoms with Gasteiger partial charge in [0.25, 0.3) is 0 Å². The standard InChI is InChI=1S/C6H14ClNO3S/c1-6(7)12(9,10)5-4-11-3-2-8/h6H,2-5,8H2,1H3. The number of alkyl halides is 1. The highest BCUT2D eigenvalue weighted by Crippen LogP contribution is 2.05. The van der Waals surface area contributed by atoms with E-state index < -0.39 is 14.5 Å². The van der Waals surface area contributed by atoms with Gasteiger partial charge in [-0.25, -0.2) is 8.42 Å². The van der Waals surface area contributed by atoms with Gasteiger partial charge in [0.1, 0.15) is 4.71 Å². The van der Waals surface area contributed by atoms with Gasteiger partial charge in [-0.1, -0.05) is 0 Å². The predicted molar refractivity (Wildman–Crippen MR) is 49.0 cm³/mol. The molecule has 0 saturated heterocycles. The molecule has 4 nitrogen and oxygen atoms in total. The second-order valence-corrected chi connectivity index (χ2v) is 5.67. The van der Waals surface area contributed by atoms with E-state index in [9.17, 15) is 8.42 Å². The molecule has 0 aromatic rings. The monoisotopic (exact) mass is 215 g/mol. The molecule has 0 bridgehead atoms. The molecule has 0 fully saturated rings. The zero-order valence-electron chi connectivity index (χ0n) is 6.99. The van der Waals surface area contributed by atoms with Crippen LogP contribution in [0.4, 0.5) is 0 Å². The van der Waals surface area contributed by atoms with E-state index >= 15 is 0 Å². The minimum absolute atomic E-state index is 0.0440. The Morgan fingerprint density at radius 3 is 2.50 bits per heavy atom. The van der Waals surface area contributed by atoms with Crippen molar-refractivity contribution in [3.05, 3.63) is 0 Å². The van der Waals surface area contributed by atoms with E-state index in [0.717, 1.165) is 0 Å². The maximum atomic E-state index is 11.1. The fraction of sp³-hybridized carbons (Fsp3) is 1.00. The summed E-state index contributed by atoms with van der Waals surface area (Å²) in [6, 6.07) is 0. The van der Waals surface area contributed by atoms with Gasteiger partial charge in [0.05, 0.1) is 19.0 Å². The lowest BCUT2D eigenvalue weighted by molar-refractivity contribution is 0.157. The van der Waals surface area contributed by atoms with Crippen molar-refractivity contribution in [2.45, 2.75) is 11.6 Å². The highest BCUT2D eigenvalue weighted by molar-refractivity contribution is 7.93. The first-order valence-corrected chi connectivity index (χ1v) is 5.79. The molecule has 0 saturated carbocycles. The number of halogens is 1. The van der Waals surface area contributed by atoms with E-state index in [4.69, 9.17) is 22.1 Å². The van der Waals surface area contributed by atoms with Gasteiger partial charge in [-0.3, -0.25) is 0 Å². The summed E-state index contributed by atoms with van der Waals surface area (Å²) in [5.41, 5.74) is 5.14. The zero-order chi connectivity index (χ0) is 9.61. The second kappa shape index (κ2) is 5.75. The maximum absolute atomic E-state index is 11.1. The summed E-state index contributed by atoms with van der Waals surface area (Å²) in [6.45, 7) is 2.37. The molecule has 0 aliphatic heterocycles. The number of nitrogens with two attached hydrogens (primary N) is 1. The van der Waals surface area contributed by atoms with Gasteiger partial charge in [-0.05, 0) is 6.92 Å². The van der Waals surface area contributed by atoms with Crippen molar-refractivity contribution in [2.24, 2.45) is 5.73 Å². The Hall–Kier alpha value is 0.160. The summed E-state index contributed by atoms with van der Waals surface area (Å²) < 4.78 is 26.2. The lowest BCUT2D eigenvalue weighted by Crippen LogP contribution is -2.20. The summed E-state index contributed by atoms with van der Waals surface area (Å²) in [5, 5.41) is 0. The van der Waals surface area contributed by atoms with Crippen LogP contribution in [-0.2, 0) is 14.6 Å². The molecule has 12 heavy (non-hydrogen) atoms. The Morgan fingerprint density at radius 2 is 2.08 bits per heavy atom. The Balaban J connectivity index is 3.63. The van der Waals surface area contributed by atoms with E-state index in [2.05, 4.69) is 0 Å². The van der Waals surface area contributed by atoms with E-state index in [1.54, 1.807) is 0 Å². The number of ether oxygens (including phenoxy) is 1. The largest absolute Gasteiger partial charge is 0.379 e. The normalized spacial score (nSPS) is 14.6. The molecular formula is C6H14ClNO3S. The van der Waals surface area contributed by atoms with Crippen molar-refractivity contribution < 1.29 is 13.2 Å². The molecule has 74 valence electrons. The van der Waals surface area contributed by atoms with Gasteiger partial charge in [0.15, 0.2) is 9.84 Å². The number of sulfone groups is 1. The molecule has 0 amide bonds. The van der Waals surface area contributed by atoms with Crippen LogP contribution in [0.25, 0.3) is 0 Å². The van der Waals surface area contributed by atoms with Crippen LogP contribution < -0.4 is 5.73 Å². The van der Waals surface area contributed by atoms with E-state index in [0.29, 0.717) is 13.2 Å². The zero-order valence-corrected chi connectivity index (χ0v) is 8.57. The molecule has 1 atom stereocenters. The third kappa shape index (κ3) is 4.92. The molecule has 0 aliphatic carbocycles. The van der Waals surface area contributed by atoms with Crippen LogP contribution in [0.3, 0.4) is 0 Å². The second-order valence-electron chi connectivity index (χ2n) is 2.31. The molecule has 0 aliphatic rings. The molecule has 6 heteroatoms. The molecule has 0 aromatic heterocycles. The molecule has 2 N–H and O–H groups in total. The summed E-state index contributed by atoms with van der Waals surface area (Å²) in [5.74, 6) is -0.0440. The van der Waals surface area contributed by atoms with Crippen LogP contribution in [0, 0.1) is 0 Å². The van der Waals surface area contributed by atoms with Crippen molar-refractivity contribution in [1.29, 1.82) is 0 Å². The fourth-order valence-electron chi connectivity index (χ4n) is 0.523. The molecule has 0 heterocycles. The maximum Gasteiger partial charge on any atom is 0.169 e. The first-order valence-electron chi connectivity index (χ1n) is 3.64. The molecule has 0 spiro atoms. The van der Waals surface area contributed by atoms with Gasteiger partial charge in [-0.2, -0.15) is 0 Å². The fourth-order valence-corrected chi connectivity index (χ4v) is 1.47. The predicted octanol–water partition coefficient (Wildman–Crippen LogP) is -0.0387. The Labute approximate surface area is 77.9 Å². The van der Waals surface area contributed by atoms with Crippen LogP contribution in [0.1, 0.15) is 6.92 Å². The van der Waals surface area contributed by atoms with E-state index in [1.807, 2.05) is 0 Å². The number of rotatable bonds is 6. The average Bonchev–Trinajstić information content (AvgIpc) is 1.98. The molecular weight excluding hydrogens is 202 g/mol. The lowest BCUT2D eigenvalue weighted by Gasteiger charge is -2.05. The van der Waals surface area contributed by atoms with Crippen molar-refractivity contribution in [3.8, 4) is 0 Å². The first-order chi connectivity index (χ1) is 5.50. The summed E-state index contributed by atoms with van der Waals surface area (Å²) in [6.07, 6.45) is 0. The van der Waals surface area contributed by atoms with Crippen LogP contribution in [0.2, 0.25) is 0 Å². The third-order valence-corrected chi connectivity index (χ3v) is 3.81. The molecule has 0 radical (unpaired) electrons. The van der Waals surface area contributed by atoms with Crippen LogP contribution in [-0.4, -0.2) is 38.6 Å². The van der Waals surface area contributed by atoms with Crippen molar-refractivity contribution in [3.63, 3.8) is 0 Å². The quantitative estimate of drug-likeness (QED) is 0.499. The minimum atomic E-state index is -3.18.